The van der Waals surface area contributed by atoms with Gasteiger partial charge in [0.25, 0.3) is 11.8 Å². The predicted molar refractivity (Wildman–Crippen MR) is 96.3 cm³/mol. The number of nitrogens with zero attached hydrogens (tertiary/aromatic N) is 2. The first-order chi connectivity index (χ1) is 12.1. The van der Waals surface area contributed by atoms with Crippen LogP contribution in [0.4, 0.5) is 0 Å². The van der Waals surface area contributed by atoms with Crippen molar-refractivity contribution in [2.75, 3.05) is 13.1 Å². The lowest BCUT2D eigenvalue weighted by Crippen LogP contribution is -2.35. The molecule has 130 valence electrons. The Hall–Kier alpha value is -2.69. The van der Waals surface area contributed by atoms with E-state index in [1.807, 2.05) is 42.2 Å². The zero-order chi connectivity index (χ0) is 17.6. The van der Waals surface area contributed by atoms with Crippen LogP contribution < -0.4 is 5.32 Å². The fourth-order valence-electron chi connectivity index (χ4n) is 2.93. The third-order valence-corrected chi connectivity index (χ3v) is 4.47. The van der Waals surface area contributed by atoms with Crippen LogP contribution in [0.15, 0.2) is 42.6 Å². The molecule has 1 aromatic heterocycles. The molecule has 0 atom stereocenters. The molecule has 0 spiro atoms. The molecule has 0 saturated carbocycles. The summed E-state index contributed by atoms with van der Waals surface area (Å²) in [5.74, 6) is -0.0537. The van der Waals surface area contributed by atoms with Crippen LogP contribution in [-0.2, 0) is 6.54 Å². The van der Waals surface area contributed by atoms with Gasteiger partial charge in [-0.1, -0.05) is 12.1 Å². The maximum Gasteiger partial charge on any atom is 0.253 e. The molecule has 3 rings (SSSR count). The number of carbonyl (C=O) groups excluding carboxylic acids is 2. The van der Waals surface area contributed by atoms with Gasteiger partial charge >= 0.3 is 0 Å². The van der Waals surface area contributed by atoms with Crippen LogP contribution in [0.1, 0.15) is 51.2 Å². The Morgan fingerprint density at radius 1 is 1.00 bits per heavy atom. The SMILES string of the molecule is Cc1ccc(C(=O)NCc2ccc(C(=O)N3CCCCC3)cc2)cn1. The summed E-state index contributed by atoms with van der Waals surface area (Å²) >= 11 is 0. The van der Waals surface area contributed by atoms with Gasteiger partial charge in [-0.15, -0.1) is 0 Å². The fourth-order valence-corrected chi connectivity index (χ4v) is 2.93. The fraction of sp³-hybridized carbons (Fsp3) is 0.350. The van der Waals surface area contributed by atoms with E-state index in [0.29, 0.717) is 17.7 Å². The number of carbonyl (C=O) groups is 2. The van der Waals surface area contributed by atoms with Crippen molar-refractivity contribution >= 4 is 11.8 Å². The van der Waals surface area contributed by atoms with Gasteiger partial charge in [-0.05, 0) is 56.0 Å². The van der Waals surface area contributed by atoms with E-state index in [1.54, 1.807) is 12.3 Å². The third-order valence-electron chi connectivity index (χ3n) is 4.47. The molecule has 0 aliphatic carbocycles. The minimum absolute atomic E-state index is 0.0982. The monoisotopic (exact) mass is 337 g/mol. The average Bonchev–Trinajstić information content (AvgIpc) is 2.67. The van der Waals surface area contributed by atoms with Crippen LogP contribution in [0, 0.1) is 6.92 Å². The highest BCUT2D eigenvalue weighted by atomic mass is 16.2. The van der Waals surface area contributed by atoms with Gasteiger partial charge in [-0.2, -0.15) is 0 Å². The first-order valence-corrected chi connectivity index (χ1v) is 8.72. The highest BCUT2D eigenvalue weighted by Crippen LogP contribution is 2.14. The van der Waals surface area contributed by atoms with E-state index in [4.69, 9.17) is 0 Å². The maximum atomic E-state index is 12.4. The Kier molecular flexibility index (Phi) is 5.43. The number of rotatable bonds is 4. The standard InChI is InChI=1S/C20H23N3O2/c1-15-5-8-18(14-21-15)19(24)22-13-16-6-9-17(10-7-16)20(25)23-11-3-2-4-12-23/h5-10,14H,2-4,11-13H2,1H3,(H,22,24). The average molecular weight is 337 g/mol. The molecule has 2 amide bonds. The van der Waals surface area contributed by atoms with Crippen LogP contribution in [0.2, 0.25) is 0 Å². The molecule has 1 N–H and O–H groups in total. The Labute approximate surface area is 148 Å². The number of aryl methyl sites for hydroxylation is 1. The molecule has 0 unspecified atom stereocenters. The summed E-state index contributed by atoms with van der Waals surface area (Å²) in [4.78, 5) is 30.6. The zero-order valence-electron chi connectivity index (χ0n) is 14.5. The maximum absolute atomic E-state index is 12.4. The van der Waals surface area contributed by atoms with Gasteiger partial charge < -0.3 is 10.2 Å². The molecule has 2 heterocycles. The van der Waals surface area contributed by atoms with Gasteiger partial charge in [0.2, 0.25) is 0 Å². The molecule has 1 aliphatic rings. The Bertz CT molecular complexity index is 733. The normalized spacial score (nSPS) is 14.2. The van der Waals surface area contributed by atoms with E-state index in [1.165, 1.54) is 6.42 Å². The first kappa shape index (κ1) is 17.1. The summed E-state index contributed by atoms with van der Waals surface area (Å²) in [6.45, 7) is 4.00. The molecule has 0 bridgehead atoms. The van der Waals surface area contributed by atoms with Gasteiger partial charge in [-0.3, -0.25) is 14.6 Å². The molecule has 0 radical (unpaired) electrons. The second-order valence-electron chi connectivity index (χ2n) is 6.42. The largest absolute Gasteiger partial charge is 0.348 e. The van der Waals surface area contributed by atoms with Crippen LogP contribution in [0.25, 0.3) is 0 Å². The van der Waals surface area contributed by atoms with E-state index in [2.05, 4.69) is 10.3 Å². The lowest BCUT2D eigenvalue weighted by Gasteiger charge is -2.26. The molecular weight excluding hydrogens is 314 g/mol. The van der Waals surface area contributed by atoms with Gasteiger partial charge in [0.1, 0.15) is 0 Å². The third kappa shape index (κ3) is 4.44. The number of likely N-dealkylation sites (tertiary alicyclic amines) is 1. The van der Waals surface area contributed by atoms with Crippen molar-refractivity contribution in [3.63, 3.8) is 0 Å². The molecular formula is C20H23N3O2. The van der Waals surface area contributed by atoms with Crippen molar-refractivity contribution in [2.45, 2.75) is 32.7 Å². The molecule has 5 nitrogen and oxygen atoms in total. The van der Waals surface area contributed by atoms with E-state index in [9.17, 15) is 9.59 Å². The van der Waals surface area contributed by atoms with Gasteiger partial charge in [-0.25, -0.2) is 0 Å². The van der Waals surface area contributed by atoms with Gasteiger partial charge in [0.15, 0.2) is 0 Å². The van der Waals surface area contributed by atoms with Crippen molar-refractivity contribution in [3.05, 3.63) is 65.0 Å². The number of amides is 2. The number of benzene rings is 1. The van der Waals surface area contributed by atoms with Crippen LogP contribution in [0.5, 0.6) is 0 Å². The minimum atomic E-state index is -0.152. The molecule has 1 saturated heterocycles. The van der Waals surface area contributed by atoms with Crippen molar-refractivity contribution in [1.82, 2.24) is 15.2 Å². The van der Waals surface area contributed by atoms with E-state index in [-0.39, 0.29) is 11.8 Å². The number of pyridine rings is 1. The highest BCUT2D eigenvalue weighted by molar-refractivity contribution is 5.94. The van der Waals surface area contributed by atoms with Crippen molar-refractivity contribution < 1.29 is 9.59 Å². The predicted octanol–water partition coefficient (Wildman–Crippen LogP) is 2.95. The molecule has 5 heteroatoms. The number of hydrogen-bond donors (Lipinski definition) is 1. The number of piperidine rings is 1. The minimum Gasteiger partial charge on any atom is -0.348 e. The first-order valence-electron chi connectivity index (χ1n) is 8.72. The molecule has 2 aromatic rings. The van der Waals surface area contributed by atoms with Crippen molar-refractivity contribution in [1.29, 1.82) is 0 Å². The lowest BCUT2D eigenvalue weighted by atomic mass is 10.1. The smallest absolute Gasteiger partial charge is 0.253 e. The number of nitrogens with one attached hydrogen (secondary N) is 1. The van der Waals surface area contributed by atoms with Crippen LogP contribution >= 0.6 is 0 Å². The van der Waals surface area contributed by atoms with E-state index in [0.717, 1.165) is 37.2 Å². The molecule has 1 fully saturated rings. The Morgan fingerprint density at radius 2 is 1.68 bits per heavy atom. The zero-order valence-corrected chi connectivity index (χ0v) is 14.5. The molecule has 1 aliphatic heterocycles. The second kappa shape index (κ2) is 7.92. The van der Waals surface area contributed by atoms with Crippen LogP contribution in [-0.4, -0.2) is 34.8 Å². The quantitative estimate of drug-likeness (QED) is 0.933. The number of hydrogen-bond acceptors (Lipinski definition) is 3. The lowest BCUT2D eigenvalue weighted by molar-refractivity contribution is 0.0724. The van der Waals surface area contributed by atoms with Gasteiger partial charge in [0.05, 0.1) is 5.56 Å². The molecule has 1 aromatic carbocycles. The summed E-state index contributed by atoms with van der Waals surface area (Å²) in [5.41, 5.74) is 3.09. The van der Waals surface area contributed by atoms with Crippen molar-refractivity contribution in [3.8, 4) is 0 Å². The molecule has 25 heavy (non-hydrogen) atoms. The van der Waals surface area contributed by atoms with Gasteiger partial charge in [0, 0.05) is 37.1 Å². The summed E-state index contributed by atoms with van der Waals surface area (Å²) in [5, 5.41) is 2.87. The highest BCUT2D eigenvalue weighted by Gasteiger charge is 2.17. The number of aromatic nitrogens is 1. The van der Waals surface area contributed by atoms with Crippen molar-refractivity contribution in [2.24, 2.45) is 0 Å². The summed E-state index contributed by atoms with van der Waals surface area (Å²) in [6.07, 6.45) is 4.96. The topological polar surface area (TPSA) is 62.3 Å². The second-order valence-corrected chi connectivity index (χ2v) is 6.42. The van der Waals surface area contributed by atoms with Crippen LogP contribution in [0.3, 0.4) is 0 Å². The summed E-state index contributed by atoms with van der Waals surface area (Å²) in [6, 6.07) is 11.0. The van der Waals surface area contributed by atoms with E-state index < -0.39 is 0 Å². The summed E-state index contributed by atoms with van der Waals surface area (Å²) in [7, 11) is 0. The van der Waals surface area contributed by atoms with E-state index >= 15 is 0 Å². The Morgan fingerprint density at radius 3 is 2.32 bits per heavy atom. The summed E-state index contributed by atoms with van der Waals surface area (Å²) < 4.78 is 0. The Balaban J connectivity index is 1.56.